The van der Waals surface area contributed by atoms with E-state index in [0.717, 1.165) is 5.39 Å². The maximum Gasteiger partial charge on any atom is 0.295 e. The average Bonchev–Trinajstić information content (AvgIpc) is 2.15. The Labute approximate surface area is 110 Å². The van der Waals surface area contributed by atoms with Crippen molar-refractivity contribution < 1.29 is 13.0 Å². The van der Waals surface area contributed by atoms with Gasteiger partial charge in [0.15, 0.2) is 0 Å². The van der Waals surface area contributed by atoms with Crippen LogP contribution in [0.4, 0.5) is 0 Å². The van der Waals surface area contributed by atoms with Gasteiger partial charge in [0.2, 0.25) is 0 Å². The van der Waals surface area contributed by atoms with Gasteiger partial charge >= 0.3 is 0 Å². The first-order valence-corrected chi connectivity index (χ1v) is 5.48. The number of hydrogen-bond donors (Lipinski definition) is 1. The van der Waals surface area contributed by atoms with Crippen LogP contribution >= 0.6 is 0 Å². The Morgan fingerprint density at radius 2 is 1.53 bits per heavy atom. The molecule has 0 aliphatic heterocycles. The maximum atomic E-state index is 11.0. The molecule has 0 saturated carbocycles. The Hall–Kier alpha value is -0.390. The van der Waals surface area contributed by atoms with Crippen LogP contribution in [-0.2, 0) is 10.1 Å². The summed E-state index contributed by atoms with van der Waals surface area (Å²) in [6, 6.07) is 11.8. The standard InChI is InChI=1S/C10H8O3S.Na/c11-14(12,13)10-7-3-5-8-4-1-2-6-9(8)10;/h1-7H,(H,11,12,13);. The van der Waals surface area contributed by atoms with E-state index >= 15 is 0 Å². The van der Waals surface area contributed by atoms with Gasteiger partial charge in [0.05, 0.1) is 0 Å². The van der Waals surface area contributed by atoms with Crippen LogP contribution in [0.25, 0.3) is 10.8 Å². The van der Waals surface area contributed by atoms with E-state index in [0.29, 0.717) is 5.39 Å². The summed E-state index contributed by atoms with van der Waals surface area (Å²) in [5, 5.41) is 1.33. The van der Waals surface area contributed by atoms with Crippen molar-refractivity contribution in [1.82, 2.24) is 0 Å². The fraction of sp³-hybridized carbons (Fsp3) is 0. The van der Waals surface area contributed by atoms with Gasteiger partial charge in [0.25, 0.3) is 10.1 Å². The van der Waals surface area contributed by atoms with Crippen LogP contribution in [0.1, 0.15) is 0 Å². The van der Waals surface area contributed by atoms with Crippen molar-refractivity contribution in [2.45, 2.75) is 4.90 Å². The molecule has 0 unspecified atom stereocenters. The molecule has 2 aromatic carbocycles. The average molecular weight is 231 g/mol. The first-order chi connectivity index (χ1) is 6.59. The number of fused-ring (bicyclic) bond motifs is 1. The van der Waals surface area contributed by atoms with Crippen molar-refractivity contribution in [3.63, 3.8) is 0 Å². The van der Waals surface area contributed by atoms with E-state index < -0.39 is 10.1 Å². The molecule has 0 fully saturated rings. The largest absolute Gasteiger partial charge is 0.295 e. The van der Waals surface area contributed by atoms with E-state index in [-0.39, 0.29) is 34.5 Å². The van der Waals surface area contributed by atoms with Gasteiger partial charge in [-0.25, -0.2) is 0 Å². The van der Waals surface area contributed by atoms with Gasteiger partial charge in [0, 0.05) is 34.9 Å². The minimum Gasteiger partial charge on any atom is -0.282 e. The SMILES string of the molecule is O=S(=O)(O)c1cccc2ccccc12.[Na]. The Bertz CT molecular complexity index is 573. The minimum atomic E-state index is -4.13. The Kier molecular flexibility index (Phi) is 3.92. The third-order valence-corrected chi connectivity index (χ3v) is 2.94. The minimum absolute atomic E-state index is 0. The summed E-state index contributed by atoms with van der Waals surface area (Å²) in [6.07, 6.45) is 0. The molecular formula is C10H8NaO3S. The molecule has 15 heavy (non-hydrogen) atoms. The van der Waals surface area contributed by atoms with Crippen LogP contribution in [0.2, 0.25) is 0 Å². The summed E-state index contributed by atoms with van der Waals surface area (Å²) in [5.74, 6) is 0. The summed E-state index contributed by atoms with van der Waals surface area (Å²) in [7, 11) is -4.13. The second kappa shape index (κ2) is 4.63. The molecule has 0 atom stereocenters. The van der Waals surface area contributed by atoms with Crippen LogP contribution in [0.5, 0.6) is 0 Å². The Morgan fingerprint density at radius 3 is 2.20 bits per heavy atom. The first-order valence-electron chi connectivity index (χ1n) is 4.04. The molecule has 0 spiro atoms. The smallest absolute Gasteiger partial charge is 0.282 e. The van der Waals surface area contributed by atoms with Gasteiger partial charge in [-0.15, -0.1) is 0 Å². The van der Waals surface area contributed by atoms with Gasteiger partial charge < -0.3 is 0 Å². The van der Waals surface area contributed by atoms with Gasteiger partial charge in [0.1, 0.15) is 4.90 Å². The molecule has 1 N–H and O–H groups in total. The van der Waals surface area contributed by atoms with Crippen LogP contribution < -0.4 is 0 Å². The summed E-state index contributed by atoms with van der Waals surface area (Å²) in [4.78, 5) is -0.0457. The van der Waals surface area contributed by atoms with Gasteiger partial charge in [-0.1, -0.05) is 36.4 Å². The summed E-state index contributed by atoms with van der Waals surface area (Å²) in [6.45, 7) is 0. The maximum absolute atomic E-state index is 11.0. The molecule has 2 rings (SSSR count). The molecule has 73 valence electrons. The fourth-order valence-corrected chi connectivity index (χ4v) is 2.13. The summed E-state index contributed by atoms with van der Waals surface area (Å²) < 4.78 is 31.0. The van der Waals surface area contributed by atoms with Crippen LogP contribution in [0.15, 0.2) is 47.4 Å². The molecule has 0 heterocycles. The van der Waals surface area contributed by atoms with Crippen molar-refractivity contribution in [2.24, 2.45) is 0 Å². The molecule has 0 bridgehead atoms. The van der Waals surface area contributed by atoms with Crippen molar-refractivity contribution in [3.8, 4) is 0 Å². The monoisotopic (exact) mass is 231 g/mol. The molecule has 1 radical (unpaired) electrons. The third-order valence-electron chi connectivity index (χ3n) is 2.03. The Balaban J connectivity index is 0.00000112. The van der Waals surface area contributed by atoms with Crippen LogP contribution in [0.3, 0.4) is 0 Å². The molecule has 0 aromatic heterocycles. The Morgan fingerprint density at radius 1 is 0.933 bits per heavy atom. The molecule has 2 aromatic rings. The number of rotatable bonds is 1. The second-order valence-corrected chi connectivity index (χ2v) is 4.34. The predicted octanol–water partition coefficient (Wildman–Crippen LogP) is 1.71. The predicted molar refractivity (Wildman–Crippen MR) is 59.5 cm³/mol. The molecule has 3 nitrogen and oxygen atoms in total. The van der Waals surface area contributed by atoms with Crippen LogP contribution in [0, 0.1) is 0 Å². The van der Waals surface area contributed by atoms with E-state index in [2.05, 4.69) is 0 Å². The van der Waals surface area contributed by atoms with Crippen molar-refractivity contribution in [1.29, 1.82) is 0 Å². The van der Waals surface area contributed by atoms with E-state index in [1.54, 1.807) is 30.3 Å². The van der Waals surface area contributed by atoms with Crippen molar-refractivity contribution in [3.05, 3.63) is 42.5 Å². The van der Waals surface area contributed by atoms with E-state index in [1.165, 1.54) is 6.07 Å². The third kappa shape index (κ3) is 2.59. The van der Waals surface area contributed by atoms with E-state index in [1.807, 2.05) is 6.07 Å². The zero-order chi connectivity index (χ0) is 10.2. The zero-order valence-corrected chi connectivity index (χ0v) is 11.0. The number of benzene rings is 2. The van der Waals surface area contributed by atoms with Crippen molar-refractivity contribution >= 4 is 50.4 Å². The molecule has 0 saturated heterocycles. The zero-order valence-electron chi connectivity index (χ0n) is 8.21. The quantitative estimate of drug-likeness (QED) is 0.600. The van der Waals surface area contributed by atoms with Crippen molar-refractivity contribution in [2.75, 3.05) is 0 Å². The van der Waals surface area contributed by atoms with E-state index in [4.69, 9.17) is 4.55 Å². The summed E-state index contributed by atoms with van der Waals surface area (Å²) >= 11 is 0. The second-order valence-electron chi connectivity index (χ2n) is 2.95. The summed E-state index contributed by atoms with van der Waals surface area (Å²) in [5.41, 5.74) is 0. The van der Waals surface area contributed by atoms with Gasteiger partial charge in [-0.3, -0.25) is 4.55 Å². The molecular weight excluding hydrogens is 223 g/mol. The molecule has 0 aliphatic rings. The first kappa shape index (κ1) is 12.7. The molecule has 0 aliphatic carbocycles. The molecule has 0 amide bonds. The van der Waals surface area contributed by atoms with Gasteiger partial charge in [-0.05, 0) is 11.5 Å². The van der Waals surface area contributed by atoms with Gasteiger partial charge in [-0.2, -0.15) is 8.42 Å². The number of hydrogen-bond acceptors (Lipinski definition) is 2. The van der Waals surface area contributed by atoms with E-state index in [9.17, 15) is 8.42 Å². The topological polar surface area (TPSA) is 54.4 Å². The fourth-order valence-electron chi connectivity index (χ4n) is 1.42. The molecule has 5 heteroatoms. The normalized spacial score (nSPS) is 11.0. The van der Waals surface area contributed by atoms with Crippen LogP contribution in [-0.4, -0.2) is 42.5 Å².